The van der Waals surface area contributed by atoms with Crippen molar-refractivity contribution in [3.8, 4) is 0 Å². The predicted octanol–water partition coefficient (Wildman–Crippen LogP) is 7.57. The number of hydrogen-bond acceptors (Lipinski definition) is 3. The summed E-state index contributed by atoms with van der Waals surface area (Å²) in [5, 5.41) is 10.1. The van der Waals surface area contributed by atoms with Gasteiger partial charge in [0.15, 0.2) is 0 Å². The van der Waals surface area contributed by atoms with Crippen molar-refractivity contribution in [2.45, 2.75) is 77.0 Å². The lowest BCUT2D eigenvalue weighted by molar-refractivity contribution is 0.685. The highest BCUT2D eigenvalue weighted by atomic mass is 15.3. The van der Waals surface area contributed by atoms with E-state index in [0.29, 0.717) is 0 Å². The van der Waals surface area contributed by atoms with Crippen LogP contribution in [0, 0.1) is 0 Å². The van der Waals surface area contributed by atoms with Crippen molar-refractivity contribution in [3.05, 3.63) is 125 Å². The SMILES string of the molecule is c1ccc2c(c1)CCCC2.c1ccc2c(c1)CCCC2.c1ccc2c(c1)CCCC2.c1cnnnc1. The lowest BCUT2D eigenvalue weighted by Gasteiger charge is -2.13. The number of hydrogen-bond donors (Lipinski definition) is 0. The summed E-state index contributed by atoms with van der Waals surface area (Å²) < 4.78 is 0. The standard InChI is InChI=1S/3C10H12.C3H3N3/c3*1-2-6-10-8-4-3-7-9(10)5-1;1-2-4-6-5-3-1/h3*1-2,5-6H,3-4,7-8H2;1-3H. The van der Waals surface area contributed by atoms with Gasteiger partial charge in [-0.1, -0.05) is 72.8 Å². The number of aryl methyl sites for hydroxylation is 6. The zero-order valence-corrected chi connectivity index (χ0v) is 21.5. The molecule has 0 atom stereocenters. The third-order valence-electron chi connectivity index (χ3n) is 7.19. The third-order valence-corrected chi connectivity index (χ3v) is 7.19. The summed E-state index contributed by atoms with van der Waals surface area (Å²) in [5.74, 6) is 0. The van der Waals surface area contributed by atoms with Gasteiger partial charge in [0.25, 0.3) is 0 Å². The fourth-order valence-corrected chi connectivity index (χ4v) is 5.23. The second-order valence-electron chi connectivity index (χ2n) is 9.74. The molecule has 0 radical (unpaired) electrons. The van der Waals surface area contributed by atoms with Crippen LogP contribution in [0.25, 0.3) is 0 Å². The molecule has 0 fully saturated rings. The van der Waals surface area contributed by atoms with Crippen LogP contribution in [0.5, 0.6) is 0 Å². The Morgan fingerprint density at radius 3 is 0.750 bits per heavy atom. The van der Waals surface area contributed by atoms with E-state index in [0.717, 1.165) is 0 Å². The second kappa shape index (κ2) is 14.9. The minimum atomic E-state index is 1.30. The van der Waals surface area contributed by atoms with Crippen molar-refractivity contribution >= 4 is 0 Å². The lowest BCUT2D eigenvalue weighted by Crippen LogP contribution is -2.00. The highest BCUT2D eigenvalue weighted by Crippen LogP contribution is 2.21. The summed E-state index contributed by atoms with van der Waals surface area (Å²) in [4.78, 5) is 0. The van der Waals surface area contributed by atoms with Gasteiger partial charge in [-0.25, -0.2) is 0 Å². The van der Waals surface area contributed by atoms with Crippen LogP contribution in [0.1, 0.15) is 71.9 Å². The van der Waals surface area contributed by atoms with Crippen LogP contribution < -0.4 is 0 Å². The molecule has 36 heavy (non-hydrogen) atoms. The Morgan fingerprint density at radius 1 is 0.333 bits per heavy atom. The fourth-order valence-electron chi connectivity index (χ4n) is 5.23. The van der Waals surface area contributed by atoms with Crippen LogP contribution in [0.4, 0.5) is 0 Å². The number of benzene rings is 3. The predicted molar refractivity (Wildman–Crippen MR) is 149 cm³/mol. The molecular formula is C33H39N3. The molecule has 0 spiro atoms. The summed E-state index contributed by atoms with van der Waals surface area (Å²) in [5.41, 5.74) is 9.47. The van der Waals surface area contributed by atoms with Gasteiger partial charge in [0.05, 0.1) is 12.4 Å². The first-order valence-electron chi connectivity index (χ1n) is 13.7. The van der Waals surface area contributed by atoms with E-state index < -0.39 is 0 Å². The lowest BCUT2D eigenvalue weighted by atomic mass is 9.92. The van der Waals surface area contributed by atoms with Crippen LogP contribution >= 0.6 is 0 Å². The molecule has 3 nitrogen and oxygen atoms in total. The zero-order chi connectivity index (χ0) is 24.7. The van der Waals surface area contributed by atoms with Crippen LogP contribution in [0.3, 0.4) is 0 Å². The monoisotopic (exact) mass is 477 g/mol. The van der Waals surface area contributed by atoms with E-state index in [1.165, 1.54) is 77.0 Å². The Bertz CT molecular complexity index is 932. The van der Waals surface area contributed by atoms with Crippen LogP contribution in [0.2, 0.25) is 0 Å². The maximum absolute atomic E-state index is 3.42. The summed E-state index contributed by atoms with van der Waals surface area (Å²) in [7, 11) is 0. The molecule has 1 aromatic heterocycles. The van der Waals surface area contributed by atoms with E-state index >= 15 is 0 Å². The van der Waals surface area contributed by atoms with Gasteiger partial charge >= 0.3 is 0 Å². The van der Waals surface area contributed by atoms with Gasteiger partial charge in [-0.3, -0.25) is 0 Å². The molecule has 0 saturated carbocycles. The maximum Gasteiger partial charge on any atom is 0.0529 e. The number of nitrogens with zero attached hydrogens (tertiary/aromatic N) is 3. The van der Waals surface area contributed by atoms with Gasteiger partial charge in [-0.15, -0.1) is 10.2 Å². The smallest absolute Gasteiger partial charge is 0.0529 e. The highest BCUT2D eigenvalue weighted by molar-refractivity contribution is 5.30. The van der Waals surface area contributed by atoms with Gasteiger partial charge in [0.2, 0.25) is 0 Å². The molecule has 0 N–H and O–H groups in total. The second-order valence-corrected chi connectivity index (χ2v) is 9.74. The van der Waals surface area contributed by atoms with Gasteiger partial charge < -0.3 is 0 Å². The molecule has 0 aliphatic heterocycles. The average molecular weight is 478 g/mol. The first-order chi connectivity index (χ1) is 17.9. The van der Waals surface area contributed by atoms with E-state index in [9.17, 15) is 0 Å². The van der Waals surface area contributed by atoms with E-state index in [1.807, 2.05) is 0 Å². The molecule has 3 aliphatic rings. The highest BCUT2D eigenvalue weighted by Gasteiger charge is 2.07. The first-order valence-corrected chi connectivity index (χ1v) is 13.7. The Kier molecular flexibility index (Phi) is 10.7. The molecular weight excluding hydrogens is 438 g/mol. The number of fused-ring (bicyclic) bond motifs is 3. The van der Waals surface area contributed by atoms with Crippen molar-refractivity contribution in [2.24, 2.45) is 0 Å². The molecule has 186 valence electrons. The first kappa shape index (κ1) is 25.8. The molecule has 0 saturated heterocycles. The fraction of sp³-hybridized carbons (Fsp3) is 0.364. The Morgan fingerprint density at radius 2 is 0.583 bits per heavy atom. The number of aromatic nitrogens is 3. The normalized spacial score (nSPS) is 15.0. The topological polar surface area (TPSA) is 38.7 Å². The minimum Gasteiger partial charge on any atom is -0.139 e. The summed E-state index contributed by atoms with van der Waals surface area (Å²) in [6, 6.07) is 28.1. The summed E-state index contributed by atoms with van der Waals surface area (Å²) in [6.07, 6.45) is 19.3. The minimum absolute atomic E-state index is 1.30. The van der Waals surface area contributed by atoms with Crippen molar-refractivity contribution < 1.29 is 0 Å². The maximum atomic E-state index is 3.42. The summed E-state index contributed by atoms with van der Waals surface area (Å²) >= 11 is 0. The van der Waals surface area contributed by atoms with Crippen molar-refractivity contribution in [3.63, 3.8) is 0 Å². The molecule has 3 heteroatoms. The van der Waals surface area contributed by atoms with E-state index in [-0.39, 0.29) is 0 Å². The zero-order valence-electron chi connectivity index (χ0n) is 21.5. The molecule has 3 aromatic carbocycles. The largest absolute Gasteiger partial charge is 0.139 e. The van der Waals surface area contributed by atoms with Crippen LogP contribution in [0.15, 0.2) is 91.3 Å². The van der Waals surface area contributed by atoms with E-state index in [2.05, 4.69) is 88.2 Å². The Labute approximate surface area is 217 Å². The van der Waals surface area contributed by atoms with Gasteiger partial charge in [0, 0.05) is 0 Å². The van der Waals surface area contributed by atoms with E-state index in [1.54, 1.807) is 51.8 Å². The summed E-state index contributed by atoms with van der Waals surface area (Å²) in [6.45, 7) is 0. The van der Waals surface area contributed by atoms with Gasteiger partial charge in [-0.05, 0) is 122 Å². The van der Waals surface area contributed by atoms with Crippen molar-refractivity contribution in [1.82, 2.24) is 15.4 Å². The van der Waals surface area contributed by atoms with Crippen molar-refractivity contribution in [2.75, 3.05) is 0 Å². The molecule has 0 bridgehead atoms. The molecule has 7 rings (SSSR count). The number of rotatable bonds is 0. The third kappa shape index (κ3) is 8.41. The Hall–Kier alpha value is -3.33. The van der Waals surface area contributed by atoms with Crippen LogP contribution in [-0.2, 0) is 38.5 Å². The average Bonchev–Trinajstić information content (AvgIpc) is 2.99. The quantitative estimate of drug-likeness (QED) is 0.262. The molecule has 1 heterocycles. The van der Waals surface area contributed by atoms with Crippen molar-refractivity contribution in [1.29, 1.82) is 0 Å². The van der Waals surface area contributed by atoms with Gasteiger partial charge in [-0.2, -0.15) is 0 Å². The van der Waals surface area contributed by atoms with Gasteiger partial charge in [0.1, 0.15) is 0 Å². The van der Waals surface area contributed by atoms with Crippen LogP contribution in [-0.4, -0.2) is 15.4 Å². The van der Waals surface area contributed by atoms with E-state index in [4.69, 9.17) is 0 Å². The molecule has 0 amide bonds. The molecule has 0 unspecified atom stereocenters. The molecule has 4 aromatic rings. The Balaban J connectivity index is 0.000000115. The molecule has 3 aliphatic carbocycles.